The second kappa shape index (κ2) is 6.30. The van der Waals surface area contributed by atoms with E-state index in [1.54, 1.807) is 11.8 Å². The highest BCUT2D eigenvalue weighted by atomic mass is 32.2. The van der Waals surface area contributed by atoms with E-state index in [1.807, 2.05) is 6.08 Å². The van der Waals surface area contributed by atoms with Gasteiger partial charge in [-0.05, 0) is 6.42 Å². The lowest BCUT2D eigenvalue weighted by molar-refractivity contribution is 1.01. The predicted octanol–water partition coefficient (Wildman–Crippen LogP) is 3.03. The Morgan fingerprint density at radius 3 is 2.89 bits per heavy atom. The van der Waals surface area contributed by atoms with E-state index in [4.69, 9.17) is 12.2 Å². The molecule has 0 heterocycles. The Kier molecular flexibility index (Phi) is 6.43. The zero-order chi connectivity index (χ0) is 7.11. The SMILES string of the molecule is C=CCSC(=S)CCC. The van der Waals surface area contributed by atoms with Crippen LogP contribution in [0.3, 0.4) is 0 Å². The summed E-state index contributed by atoms with van der Waals surface area (Å²) < 4.78 is 1.11. The van der Waals surface area contributed by atoms with Gasteiger partial charge in [0.2, 0.25) is 0 Å². The maximum Gasteiger partial charge on any atom is 0.0481 e. The van der Waals surface area contributed by atoms with Crippen LogP contribution < -0.4 is 0 Å². The second-order valence-corrected chi connectivity index (χ2v) is 3.59. The number of thiocarbonyl (C=S) groups is 1. The fourth-order valence-electron chi connectivity index (χ4n) is 0.428. The third-order valence-electron chi connectivity index (χ3n) is 0.816. The van der Waals surface area contributed by atoms with Crippen LogP contribution in [-0.4, -0.2) is 9.95 Å². The van der Waals surface area contributed by atoms with Crippen molar-refractivity contribution in [3.8, 4) is 0 Å². The Labute approximate surface area is 66.7 Å². The van der Waals surface area contributed by atoms with Crippen molar-refractivity contribution in [1.82, 2.24) is 0 Å². The van der Waals surface area contributed by atoms with Gasteiger partial charge in [0, 0.05) is 9.95 Å². The molecule has 0 aromatic heterocycles. The quantitative estimate of drug-likeness (QED) is 0.458. The Balaban J connectivity index is 3.16. The molecule has 0 rings (SSSR count). The maximum absolute atomic E-state index is 5.03. The summed E-state index contributed by atoms with van der Waals surface area (Å²) in [6, 6.07) is 0. The summed E-state index contributed by atoms with van der Waals surface area (Å²) in [6.07, 6.45) is 4.10. The molecule has 0 fully saturated rings. The first-order valence-electron chi connectivity index (χ1n) is 3.07. The normalized spacial score (nSPS) is 9.00. The van der Waals surface area contributed by atoms with Crippen LogP contribution in [0.15, 0.2) is 12.7 Å². The standard InChI is InChI=1S/C7H12S2/c1-3-5-7(8)9-6-4-2/h4H,2-3,5-6H2,1H3. The highest BCUT2D eigenvalue weighted by Gasteiger charge is 1.91. The third-order valence-corrected chi connectivity index (χ3v) is 2.30. The van der Waals surface area contributed by atoms with Gasteiger partial charge in [0.25, 0.3) is 0 Å². The number of hydrogen-bond donors (Lipinski definition) is 0. The van der Waals surface area contributed by atoms with Gasteiger partial charge in [-0.1, -0.05) is 31.6 Å². The van der Waals surface area contributed by atoms with Crippen molar-refractivity contribution in [2.24, 2.45) is 0 Å². The van der Waals surface area contributed by atoms with Crippen LogP contribution in [-0.2, 0) is 0 Å². The summed E-state index contributed by atoms with van der Waals surface area (Å²) in [7, 11) is 0. The van der Waals surface area contributed by atoms with Crippen molar-refractivity contribution >= 4 is 28.2 Å². The Bertz CT molecular complexity index is 97.1. The molecule has 0 aliphatic rings. The van der Waals surface area contributed by atoms with E-state index in [0.29, 0.717) is 0 Å². The minimum Gasteiger partial charge on any atom is -0.115 e. The topological polar surface area (TPSA) is 0 Å². The Hall–Kier alpha value is 0.180. The molecular weight excluding hydrogens is 148 g/mol. The fourth-order valence-corrected chi connectivity index (χ4v) is 1.49. The van der Waals surface area contributed by atoms with Crippen molar-refractivity contribution < 1.29 is 0 Å². The molecule has 9 heavy (non-hydrogen) atoms. The van der Waals surface area contributed by atoms with Crippen molar-refractivity contribution in [3.05, 3.63) is 12.7 Å². The van der Waals surface area contributed by atoms with E-state index in [9.17, 15) is 0 Å². The van der Waals surface area contributed by atoms with Crippen LogP contribution >= 0.6 is 24.0 Å². The second-order valence-electron chi connectivity index (χ2n) is 1.72. The largest absolute Gasteiger partial charge is 0.115 e. The monoisotopic (exact) mass is 160 g/mol. The van der Waals surface area contributed by atoms with Crippen molar-refractivity contribution in [1.29, 1.82) is 0 Å². The molecular formula is C7H12S2. The third kappa shape index (κ3) is 6.06. The van der Waals surface area contributed by atoms with Crippen molar-refractivity contribution in [2.75, 3.05) is 5.75 Å². The van der Waals surface area contributed by atoms with E-state index >= 15 is 0 Å². The molecule has 0 unspecified atom stereocenters. The molecule has 0 aliphatic carbocycles. The summed E-state index contributed by atoms with van der Waals surface area (Å²) in [6.45, 7) is 5.75. The van der Waals surface area contributed by atoms with Crippen LogP contribution in [0.5, 0.6) is 0 Å². The molecule has 0 atom stereocenters. The summed E-state index contributed by atoms with van der Waals surface area (Å²) in [5, 5.41) is 0. The highest BCUT2D eigenvalue weighted by Crippen LogP contribution is 2.08. The van der Waals surface area contributed by atoms with Crippen LogP contribution in [0.4, 0.5) is 0 Å². The van der Waals surface area contributed by atoms with Gasteiger partial charge in [-0.15, -0.1) is 18.3 Å². The Morgan fingerprint density at radius 1 is 1.78 bits per heavy atom. The summed E-state index contributed by atoms with van der Waals surface area (Å²) in [5.74, 6) is 0.957. The zero-order valence-corrected chi connectivity index (χ0v) is 7.36. The smallest absolute Gasteiger partial charge is 0.0481 e. The lowest BCUT2D eigenvalue weighted by Gasteiger charge is -1.95. The molecule has 0 spiro atoms. The molecule has 0 aromatic rings. The molecule has 0 N–H and O–H groups in total. The first-order chi connectivity index (χ1) is 4.31. The summed E-state index contributed by atoms with van der Waals surface area (Å²) in [5.41, 5.74) is 0. The molecule has 0 saturated carbocycles. The van der Waals surface area contributed by atoms with Crippen LogP contribution in [0.25, 0.3) is 0 Å². The lowest BCUT2D eigenvalue weighted by atomic mass is 10.4. The lowest BCUT2D eigenvalue weighted by Crippen LogP contribution is -1.86. The summed E-state index contributed by atoms with van der Waals surface area (Å²) >= 11 is 6.75. The average molecular weight is 160 g/mol. The van der Waals surface area contributed by atoms with E-state index in [0.717, 1.165) is 22.8 Å². The van der Waals surface area contributed by atoms with E-state index in [-0.39, 0.29) is 0 Å². The molecule has 0 aromatic carbocycles. The van der Waals surface area contributed by atoms with E-state index in [2.05, 4.69) is 13.5 Å². The summed E-state index contributed by atoms with van der Waals surface area (Å²) in [4.78, 5) is 0. The molecule has 0 bridgehead atoms. The minimum atomic E-state index is 0.957. The molecule has 0 saturated heterocycles. The van der Waals surface area contributed by atoms with Gasteiger partial charge in [0.1, 0.15) is 0 Å². The average Bonchev–Trinajstić information content (AvgIpc) is 1.85. The Morgan fingerprint density at radius 2 is 2.44 bits per heavy atom. The first-order valence-corrected chi connectivity index (χ1v) is 4.47. The van der Waals surface area contributed by atoms with E-state index in [1.165, 1.54) is 0 Å². The number of rotatable bonds is 4. The van der Waals surface area contributed by atoms with Gasteiger partial charge in [-0.2, -0.15) is 0 Å². The van der Waals surface area contributed by atoms with E-state index < -0.39 is 0 Å². The van der Waals surface area contributed by atoms with Gasteiger partial charge in [-0.3, -0.25) is 0 Å². The number of hydrogen-bond acceptors (Lipinski definition) is 2. The van der Waals surface area contributed by atoms with Gasteiger partial charge in [0.05, 0.1) is 0 Å². The van der Waals surface area contributed by atoms with Gasteiger partial charge < -0.3 is 0 Å². The first kappa shape index (κ1) is 9.18. The number of thioether (sulfide) groups is 1. The molecule has 0 radical (unpaired) electrons. The maximum atomic E-state index is 5.03. The van der Waals surface area contributed by atoms with Crippen LogP contribution in [0.2, 0.25) is 0 Å². The molecule has 0 amide bonds. The molecule has 2 heteroatoms. The molecule has 0 nitrogen and oxygen atoms in total. The predicted molar refractivity (Wildman–Crippen MR) is 50.2 cm³/mol. The molecule has 52 valence electrons. The van der Waals surface area contributed by atoms with Gasteiger partial charge >= 0.3 is 0 Å². The van der Waals surface area contributed by atoms with Gasteiger partial charge in [-0.25, -0.2) is 0 Å². The fraction of sp³-hybridized carbons (Fsp3) is 0.571. The van der Waals surface area contributed by atoms with Crippen LogP contribution in [0, 0.1) is 0 Å². The highest BCUT2D eigenvalue weighted by molar-refractivity contribution is 8.23. The minimum absolute atomic E-state index is 0.957. The zero-order valence-electron chi connectivity index (χ0n) is 5.72. The van der Waals surface area contributed by atoms with Crippen molar-refractivity contribution in [2.45, 2.75) is 19.8 Å². The van der Waals surface area contributed by atoms with Crippen LogP contribution in [0.1, 0.15) is 19.8 Å². The van der Waals surface area contributed by atoms with Crippen molar-refractivity contribution in [3.63, 3.8) is 0 Å². The van der Waals surface area contributed by atoms with Gasteiger partial charge in [0.15, 0.2) is 0 Å². The molecule has 0 aliphatic heterocycles.